The number of aryl methyl sites for hydroxylation is 1. The lowest BCUT2D eigenvalue weighted by atomic mass is 10.0. The van der Waals surface area contributed by atoms with Crippen LogP contribution in [0.15, 0.2) is 18.2 Å². The van der Waals surface area contributed by atoms with E-state index in [1.807, 2.05) is 13.0 Å². The fourth-order valence-corrected chi connectivity index (χ4v) is 1.88. The molecule has 1 rings (SSSR count). The molecule has 1 aromatic carbocycles. The Bertz CT molecular complexity index is 443. The molecule has 0 fully saturated rings. The van der Waals surface area contributed by atoms with Gasteiger partial charge in [-0.1, -0.05) is 26.0 Å². The first-order valence-corrected chi connectivity index (χ1v) is 6.99. The van der Waals surface area contributed by atoms with Gasteiger partial charge in [-0.25, -0.2) is 0 Å². The molecule has 0 spiro atoms. The summed E-state index contributed by atoms with van der Waals surface area (Å²) in [6.45, 7) is 8.99. The van der Waals surface area contributed by atoms with Crippen molar-refractivity contribution >= 4 is 5.91 Å². The minimum Gasteiger partial charge on any atom is -0.481 e. The van der Waals surface area contributed by atoms with Crippen LogP contribution in [0, 0.1) is 6.92 Å². The van der Waals surface area contributed by atoms with Crippen molar-refractivity contribution < 1.29 is 14.3 Å². The molecule has 0 radical (unpaired) electrons. The Morgan fingerprint density at radius 3 is 2.60 bits per heavy atom. The van der Waals surface area contributed by atoms with Crippen molar-refractivity contribution in [1.82, 2.24) is 5.32 Å². The van der Waals surface area contributed by atoms with Crippen molar-refractivity contribution in [3.63, 3.8) is 0 Å². The Hall–Kier alpha value is -1.55. The molecule has 0 saturated heterocycles. The number of carbonyl (C=O) groups is 1. The van der Waals surface area contributed by atoms with Gasteiger partial charge in [0, 0.05) is 13.7 Å². The third-order valence-corrected chi connectivity index (χ3v) is 3.07. The van der Waals surface area contributed by atoms with E-state index < -0.39 is 6.10 Å². The van der Waals surface area contributed by atoms with E-state index in [2.05, 4.69) is 31.3 Å². The quantitative estimate of drug-likeness (QED) is 0.781. The Morgan fingerprint density at radius 1 is 1.30 bits per heavy atom. The highest BCUT2D eigenvalue weighted by Crippen LogP contribution is 2.28. The van der Waals surface area contributed by atoms with Crippen LogP contribution in [-0.2, 0) is 9.53 Å². The number of hydrogen-bond donors (Lipinski definition) is 1. The second-order valence-electron chi connectivity index (χ2n) is 5.24. The number of hydrogen-bond acceptors (Lipinski definition) is 3. The first-order chi connectivity index (χ1) is 9.45. The zero-order valence-corrected chi connectivity index (χ0v) is 13.0. The number of methoxy groups -OCH3 is 1. The van der Waals surface area contributed by atoms with Gasteiger partial charge in [0.05, 0.1) is 6.61 Å². The van der Waals surface area contributed by atoms with Gasteiger partial charge in [0.2, 0.25) is 0 Å². The normalized spacial score (nSPS) is 12.3. The first-order valence-electron chi connectivity index (χ1n) is 6.99. The van der Waals surface area contributed by atoms with Gasteiger partial charge in [0.1, 0.15) is 5.75 Å². The molecule has 0 aromatic heterocycles. The van der Waals surface area contributed by atoms with Crippen LogP contribution in [0.1, 0.15) is 37.8 Å². The second-order valence-corrected chi connectivity index (χ2v) is 5.24. The maximum atomic E-state index is 11.9. The van der Waals surface area contributed by atoms with E-state index in [-0.39, 0.29) is 5.91 Å². The van der Waals surface area contributed by atoms with E-state index >= 15 is 0 Å². The van der Waals surface area contributed by atoms with E-state index in [4.69, 9.17) is 9.47 Å². The van der Waals surface area contributed by atoms with Crippen molar-refractivity contribution in [2.75, 3.05) is 20.3 Å². The van der Waals surface area contributed by atoms with Crippen LogP contribution >= 0.6 is 0 Å². The van der Waals surface area contributed by atoms with Crippen LogP contribution in [0.5, 0.6) is 5.75 Å². The van der Waals surface area contributed by atoms with Crippen molar-refractivity contribution in [1.29, 1.82) is 0 Å². The van der Waals surface area contributed by atoms with Crippen LogP contribution in [-0.4, -0.2) is 32.3 Å². The molecule has 0 saturated carbocycles. The van der Waals surface area contributed by atoms with E-state index in [0.717, 1.165) is 16.9 Å². The third kappa shape index (κ3) is 4.85. The molecule has 0 unspecified atom stereocenters. The summed E-state index contributed by atoms with van der Waals surface area (Å²) in [5.41, 5.74) is 2.24. The third-order valence-electron chi connectivity index (χ3n) is 3.07. The molecule has 0 aliphatic carbocycles. The van der Waals surface area contributed by atoms with Gasteiger partial charge in [0.15, 0.2) is 6.10 Å². The summed E-state index contributed by atoms with van der Waals surface area (Å²) in [5.74, 6) is 1.02. The maximum Gasteiger partial charge on any atom is 0.260 e. The lowest BCUT2D eigenvalue weighted by Crippen LogP contribution is -2.38. The summed E-state index contributed by atoms with van der Waals surface area (Å²) in [6, 6.07) is 6.10. The number of benzene rings is 1. The molecule has 4 nitrogen and oxygen atoms in total. The highest BCUT2D eigenvalue weighted by Gasteiger charge is 2.17. The molecule has 1 N–H and O–H groups in total. The van der Waals surface area contributed by atoms with Gasteiger partial charge in [-0.15, -0.1) is 0 Å². The zero-order valence-electron chi connectivity index (χ0n) is 13.0. The van der Waals surface area contributed by atoms with Crippen LogP contribution in [0.4, 0.5) is 0 Å². The fraction of sp³-hybridized carbons (Fsp3) is 0.562. The molecule has 0 bridgehead atoms. The average Bonchev–Trinajstić information content (AvgIpc) is 2.38. The highest BCUT2D eigenvalue weighted by molar-refractivity contribution is 5.80. The number of carbonyl (C=O) groups excluding carboxylic acids is 1. The molecule has 112 valence electrons. The van der Waals surface area contributed by atoms with Gasteiger partial charge in [-0.3, -0.25) is 4.79 Å². The molecule has 1 amide bonds. The standard InChI is InChI=1S/C16H25NO3/c1-11(2)14-7-6-12(3)10-15(14)20-13(4)16(18)17-8-9-19-5/h6-7,10-11,13H,8-9H2,1-5H3,(H,17,18)/t13-/m0/s1. The van der Waals surface area contributed by atoms with Gasteiger partial charge in [-0.2, -0.15) is 0 Å². The molecular weight excluding hydrogens is 254 g/mol. The summed E-state index contributed by atoms with van der Waals surface area (Å²) in [5, 5.41) is 2.78. The SMILES string of the molecule is COCCNC(=O)[C@H](C)Oc1cc(C)ccc1C(C)C. The second kappa shape index (κ2) is 7.90. The highest BCUT2D eigenvalue weighted by atomic mass is 16.5. The van der Waals surface area contributed by atoms with Crippen molar-refractivity contribution in [3.05, 3.63) is 29.3 Å². The fourth-order valence-electron chi connectivity index (χ4n) is 1.88. The molecule has 0 aliphatic heterocycles. The average molecular weight is 279 g/mol. The Labute approximate surface area is 121 Å². The Balaban J connectivity index is 2.71. The summed E-state index contributed by atoms with van der Waals surface area (Å²) in [6.07, 6.45) is -0.522. The summed E-state index contributed by atoms with van der Waals surface area (Å²) < 4.78 is 10.7. The van der Waals surface area contributed by atoms with Gasteiger partial charge in [0.25, 0.3) is 5.91 Å². The number of nitrogens with one attached hydrogen (secondary N) is 1. The topological polar surface area (TPSA) is 47.6 Å². The van der Waals surface area contributed by atoms with Crippen LogP contribution in [0.2, 0.25) is 0 Å². The molecule has 0 aliphatic rings. The van der Waals surface area contributed by atoms with E-state index in [1.165, 1.54) is 0 Å². The summed E-state index contributed by atoms with van der Waals surface area (Å²) in [4.78, 5) is 11.9. The number of rotatable bonds is 7. The molecule has 1 aromatic rings. The van der Waals surface area contributed by atoms with Gasteiger partial charge >= 0.3 is 0 Å². The van der Waals surface area contributed by atoms with E-state index in [9.17, 15) is 4.79 Å². The van der Waals surface area contributed by atoms with Crippen molar-refractivity contribution in [3.8, 4) is 5.75 Å². The van der Waals surface area contributed by atoms with Gasteiger partial charge < -0.3 is 14.8 Å². The van der Waals surface area contributed by atoms with Crippen LogP contribution in [0.3, 0.4) is 0 Å². The number of ether oxygens (including phenoxy) is 2. The van der Waals surface area contributed by atoms with E-state index in [1.54, 1.807) is 14.0 Å². The van der Waals surface area contributed by atoms with E-state index in [0.29, 0.717) is 19.1 Å². The first kappa shape index (κ1) is 16.5. The minimum atomic E-state index is -0.522. The predicted octanol–water partition coefficient (Wildman–Crippen LogP) is 2.65. The van der Waals surface area contributed by atoms with Crippen molar-refractivity contribution in [2.45, 2.75) is 39.7 Å². The largest absolute Gasteiger partial charge is 0.481 e. The molecule has 20 heavy (non-hydrogen) atoms. The van der Waals surface area contributed by atoms with Crippen LogP contribution < -0.4 is 10.1 Å². The predicted molar refractivity (Wildman–Crippen MR) is 80.2 cm³/mol. The molecular formula is C16H25NO3. The minimum absolute atomic E-state index is 0.127. The number of amides is 1. The summed E-state index contributed by atoms with van der Waals surface area (Å²) in [7, 11) is 1.60. The maximum absolute atomic E-state index is 11.9. The van der Waals surface area contributed by atoms with Crippen molar-refractivity contribution in [2.24, 2.45) is 0 Å². The van der Waals surface area contributed by atoms with Gasteiger partial charge in [-0.05, 0) is 37.0 Å². The zero-order chi connectivity index (χ0) is 15.1. The lowest BCUT2D eigenvalue weighted by Gasteiger charge is -2.19. The Morgan fingerprint density at radius 2 is 2.00 bits per heavy atom. The Kier molecular flexibility index (Phi) is 6.52. The smallest absolute Gasteiger partial charge is 0.260 e. The molecule has 4 heteroatoms. The summed E-state index contributed by atoms with van der Waals surface area (Å²) >= 11 is 0. The molecule has 0 heterocycles. The van der Waals surface area contributed by atoms with Crippen LogP contribution in [0.25, 0.3) is 0 Å². The lowest BCUT2D eigenvalue weighted by molar-refractivity contribution is -0.127. The molecule has 1 atom stereocenters. The monoisotopic (exact) mass is 279 g/mol.